The van der Waals surface area contributed by atoms with Gasteiger partial charge in [-0.05, 0) is 31.9 Å². The van der Waals surface area contributed by atoms with E-state index >= 15 is 0 Å². The molecule has 11 heteroatoms. The number of nitrogens with one attached hydrogen (secondary N) is 1. The van der Waals surface area contributed by atoms with E-state index in [4.69, 9.17) is 4.74 Å². The number of halogens is 2. The topological polar surface area (TPSA) is 129 Å². The standard InChI is InChI=1S/C21H23F2N3O6/c1-2-32-21(31)25-24-13-8-15(27)18(28)16-10(13)4-5-11-17(16)20(30)26(19(11)29)14-6-3-9(22)7-12(14)23/h3,6-7,10-11,15-18,27-28H,2,4-5,8H2,1H3,(H,25,31)/b24-13+/t10-,11-,15-,16+,17-,18-/m1/s1. The number of hydrogen-bond donors (Lipinski definition) is 3. The third kappa shape index (κ3) is 3.65. The van der Waals surface area contributed by atoms with Crippen LogP contribution in [-0.4, -0.2) is 52.6 Å². The third-order valence-electron chi connectivity index (χ3n) is 6.50. The van der Waals surface area contributed by atoms with Crippen molar-refractivity contribution in [3.8, 4) is 0 Å². The Morgan fingerprint density at radius 2 is 1.94 bits per heavy atom. The lowest BCUT2D eigenvalue weighted by Crippen LogP contribution is -2.55. The largest absolute Gasteiger partial charge is 0.449 e. The summed E-state index contributed by atoms with van der Waals surface area (Å²) in [6.07, 6.45) is -2.74. The summed E-state index contributed by atoms with van der Waals surface area (Å²) >= 11 is 0. The van der Waals surface area contributed by atoms with E-state index in [-0.39, 0.29) is 25.1 Å². The molecule has 0 aromatic heterocycles. The molecule has 0 spiro atoms. The minimum absolute atomic E-state index is 0.0232. The second-order valence-electron chi connectivity index (χ2n) is 8.20. The molecule has 2 aliphatic carbocycles. The van der Waals surface area contributed by atoms with Crippen LogP contribution in [0.1, 0.15) is 26.2 Å². The van der Waals surface area contributed by atoms with Gasteiger partial charge in [-0.1, -0.05) is 0 Å². The van der Waals surface area contributed by atoms with Crippen LogP contribution in [0.5, 0.6) is 0 Å². The fraction of sp³-hybridized carbons (Fsp3) is 0.524. The van der Waals surface area contributed by atoms with Gasteiger partial charge in [0.15, 0.2) is 0 Å². The van der Waals surface area contributed by atoms with E-state index in [1.165, 1.54) is 0 Å². The molecule has 0 unspecified atom stereocenters. The molecule has 0 bridgehead atoms. The average Bonchev–Trinajstić information content (AvgIpc) is 3.00. The highest BCUT2D eigenvalue weighted by Crippen LogP contribution is 2.50. The number of rotatable bonds is 3. The molecular weight excluding hydrogens is 428 g/mol. The van der Waals surface area contributed by atoms with E-state index < -0.39 is 65.4 Å². The van der Waals surface area contributed by atoms with Crippen LogP contribution in [0.15, 0.2) is 23.3 Å². The summed E-state index contributed by atoms with van der Waals surface area (Å²) in [4.78, 5) is 38.6. The van der Waals surface area contributed by atoms with Crippen LogP contribution in [0.4, 0.5) is 19.3 Å². The van der Waals surface area contributed by atoms with Gasteiger partial charge in [0.1, 0.15) is 11.6 Å². The van der Waals surface area contributed by atoms with Crippen LogP contribution < -0.4 is 10.3 Å². The first-order chi connectivity index (χ1) is 15.2. The summed E-state index contributed by atoms with van der Waals surface area (Å²) in [5.41, 5.74) is 2.27. The minimum Gasteiger partial charge on any atom is -0.449 e. The predicted octanol–water partition coefficient (Wildman–Crippen LogP) is 1.32. The van der Waals surface area contributed by atoms with Gasteiger partial charge in [-0.2, -0.15) is 5.10 Å². The molecule has 3 N–H and O–H groups in total. The molecule has 4 rings (SSSR count). The smallest absolute Gasteiger partial charge is 0.427 e. The number of anilines is 1. The molecule has 32 heavy (non-hydrogen) atoms. The fourth-order valence-corrected chi connectivity index (χ4v) is 5.18. The molecular formula is C21H23F2N3O6. The van der Waals surface area contributed by atoms with Gasteiger partial charge in [0, 0.05) is 30.0 Å². The van der Waals surface area contributed by atoms with E-state index in [0.717, 1.165) is 12.1 Å². The monoisotopic (exact) mass is 451 g/mol. The maximum absolute atomic E-state index is 14.4. The summed E-state index contributed by atoms with van der Waals surface area (Å²) in [5.74, 6) is -6.39. The Bertz CT molecular complexity index is 986. The fourth-order valence-electron chi connectivity index (χ4n) is 5.18. The number of carbonyl (C=O) groups excluding carboxylic acids is 3. The van der Waals surface area contributed by atoms with E-state index in [1.807, 2.05) is 0 Å². The summed E-state index contributed by atoms with van der Waals surface area (Å²) in [7, 11) is 0. The quantitative estimate of drug-likeness (QED) is 0.470. The number of aliphatic hydroxyl groups excluding tert-OH is 2. The van der Waals surface area contributed by atoms with Gasteiger partial charge in [-0.25, -0.2) is 23.9 Å². The Morgan fingerprint density at radius 1 is 1.22 bits per heavy atom. The SMILES string of the molecule is CCOC(=O)N/N=C1\C[C@@H](O)[C@@H](O)[C@@H]2[C@@H]3C(=O)N(c4ccc(F)cc4F)C(=O)[C@@H]3CC[C@H]12. The van der Waals surface area contributed by atoms with Gasteiger partial charge in [-0.3, -0.25) is 9.59 Å². The zero-order chi connectivity index (χ0) is 23.2. The van der Waals surface area contributed by atoms with Gasteiger partial charge in [0.25, 0.3) is 0 Å². The molecule has 0 radical (unpaired) electrons. The lowest BCUT2D eigenvalue weighted by atomic mass is 9.60. The van der Waals surface area contributed by atoms with Gasteiger partial charge in [-0.15, -0.1) is 0 Å². The highest BCUT2D eigenvalue weighted by Gasteiger charge is 2.60. The van der Waals surface area contributed by atoms with Crippen molar-refractivity contribution in [1.82, 2.24) is 5.43 Å². The summed E-state index contributed by atoms with van der Waals surface area (Å²) in [6.45, 7) is 1.77. The lowest BCUT2D eigenvalue weighted by Gasteiger charge is -2.45. The zero-order valence-corrected chi connectivity index (χ0v) is 17.2. The van der Waals surface area contributed by atoms with Crippen molar-refractivity contribution in [2.24, 2.45) is 28.8 Å². The molecule has 3 amide bonds. The first-order valence-electron chi connectivity index (χ1n) is 10.4. The van der Waals surface area contributed by atoms with Gasteiger partial charge in [0.05, 0.1) is 36.3 Å². The van der Waals surface area contributed by atoms with Gasteiger partial charge < -0.3 is 14.9 Å². The molecule has 9 nitrogen and oxygen atoms in total. The number of amides is 3. The van der Waals surface area contributed by atoms with Crippen molar-refractivity contribution < 1.29 is 38.1 Å². The minimum atomic E-state index is -1.32. The highest BCUT2D eigenvalue weighted by atomic mass is 19.1. The number of nitrogens with zero attached hydrogens (tertiary/aromatic N) is 2. The number of ether oxygens (including phenoxy) is 1. The second-order valence-corrected chi connectivity index (χ2v) is 8.20. The Morgan fingerprint density at radius 3 is 2.62 bits per heavy atom. The number of hydrazone groups is 1. The maximum atomic E-state index is 14.4. The zero-order valence-electron chi connectivity index (χ0n) is 17.2. The summed E-state index contributed by atoms with van der Waals surface area (Å²) in [5, 5.41) is 25.2. The molecule has 1 aromatic rings. The molecule has 172 valence electrons. The van der Waals surface area contributed by atoms with Crippen molar-refractivity contribution >= 4 is 29.3 Å². The van der Waals surface area contributed by atoms with Gasteiger partial charge in [0.2, 0.25) is 11.8 Å². The maximum Gasteiger partial charge on any atom is 0.427 e. The van der Waals surface area contributed by atoms with Crippen molar-refractivity contribution in [1.29, 1.82) is 0 Å². The predicted molar refractivity (Wildman–Crippen MR) is 106 cm³/mol. The van der Waals surface area contributed by atoms with Crippen LogP contribution in [0, 0.1) is 35.3 Å². The number of fused-ring (bicyclic) bond motifs is 3. The third-order valence-corrected chi connectivity index (χ3v) is 6.50. The van der Waals surface area contributed by atoms with Crippen molar-refractivity contribution in [3.63, 3.8) is 0 Å². The first-order valence-corrected chi connectivity index (χ1v) is 10.4. The molecule has 3 fully saturated rings. The van der Waals surface area contributed by atoms with Gasteiger partial charge >= 0.3 is 6.09 Å². The highest BCUT2D eigenvalue weighted by molar-refractivity contribution is 6.22. The number of carbonyl (C=O) groups is 3. The van der Waals surface area contributed by atoms with Crippen molar-refractivity contribution in [3.05, 3.63) is 29.8 Å². The normalized spacial score (nSPS) is 33.2. The van der Waals surface area contributed by atoms with E-state index in [9.17, 15) is 33.4 Å². The summed E-state index contributed by atoms with van der Waals surface area (Å²) in [6, 6.07) is 2.57. The Balaban J connectivity index is 1.66. The lowest BCUT2D eigenvalue weighted by molar-refractivity contribution is -0.132. The van der Waals surface area contributed by atoms with E-state index in [2.05, 4.69) is 10.5 Å². The molecule has 2 saturated carbocycles. The molecule has 1 aliphatic heterocycles. The van der Waals surface area contributed by atoms with Crippen LogP contribution in [0.25, 0.3) is 0 Å². The van der Waals surface area contributed by atoms with Crippen LogP contribution in [0.2, 0.25) is 0 Å². The number of hydrogen-bond acceptors (Lipinski definition) is 7. The second kappa shape index (κ2) is 8.55. The summed E-state index contributed by atoms with van der Waals surface area (Å²) < 4.78 is 32.4. The van der Waals surface area contributed by atoms with Crippen molar-refractivity contribution in [2.45, 2.75) is 38.4 Å². The van der Waals surface area contributed by atoms with Crippen LogP contribution >= 0.6 is 0 Å². The number of imide groups is 1. The molecule has 1 heterocycles. The first kappa shape index (κ1) is 22.3. The molecule has 1 saturated heterocycles. The molecule has 1 aromatic carbocycles. The Hall–Kier alpha value is -2.92. The van der Waals surface area contributed by atoms with E-state index in [0.29, 0.717) is 23.1 Å². The van der Waals surface area contributed by atoms with E-state index in [1.54, 1.807) is 6.92 Å². The molecule has 3 aliphatic rings. The Kier molecular flexibility index (Phi) is 5.95. The van der Waals surface area contributed by atoms with Crippen LogP contribution in [0.3, 0.4) is 0 Å². The average molecular weight is 451 g/mol. The Labute approximate surface area is 182 Å². The number of aliphatic hydroxyl groups is 2. The molecule has 6 atom stereocenters. The number of benzene rings is 1. The van der Waals surface area contributed by atoms with Crippen LogP contribution in [-0.2, 0) is 14.3 Å². The van der Waals surface area contributed by atoms with Crippen molar-refractivity contribution in [2.75, 3.05) is 11.5 Å².